The molecule has 0 saturated carbocycles. The molecule has 1 atom stereocenters. The number of anilines is 1. The molecule has 1 unspecified atom stereocenters. The van der Waals surface area contributed by atoms with Crippen LogP contribution in [0.4, 0.5) is 5.69 Å². The summed E-state index contributed by atoms with van der Waals surface area (Å²) in [6, 6.07) is 17.1. The van der Waals surface area contributed by atoms with Gasteiger partial charge in [0.2, 0.25) is 0 Å². The number of rotatable bonds is 2. The predicted octanol–water partition coefficient (Wildman–Crippen LogP) is 3.20. The van der Waals surface area contributed by atoms with Gasteiger partial charge in [-0.1, -0.05) is 24.3 Å². The standard InChI is InChI=1S/C18H20N2O/c1-2-5-15(6-3-1)21-18-8-4-7-17-16(18)10-9-14-13-19-11-12-20(14)17/h1-8,14,19H,9-13H2. The van der Waals surface area contributed by atoms with Gasteiger partial charge in [0.25, 0.3) is 0 Å². The molecule has 2 heterocycles. The van der Waals surface area contributed by atoms with Crippen molar-refractivity contribution in [1.29, 1.82) is 0 Å². The van der Waals surface area contributed by atoms with E-state index in [1.807, 2.05) is 30.3 Å². The fourth-order valence-electron chi connectivity index (χ4n) is 3.43. The number of para-hydroxylation sites is 1. The molecule has 0 spiro atoms. The molecule has 0 aromatic heterocycles. The maximum Gasteiger partial charge on any atom is 0.132 e. The summed E-state index contributed by atoms with van der Waals surface area (Å²) in [5.41, 5.74) is 2.72. The zero-order chi connectivity index (χ0) is 14.1. The van der Waals surface area contributed by atoms with Crippen LogP contribution in [0.25, 0.3) is 0 Å². The van der Waals surface area contributed by atoms with E-state index in [1.165, 1.54) is 17.7 Å². The number of ether oxygens (including phenoxy) is 1. The van der Waals surface area contributed by atoms with Crippen LogP contribution in [0.3, 0.4) is 0 Å². The van der Waals surface area contributed by atoms with Gasteiger partial charge in [-0.05, 0) is 37.1 Å². The zero-order valence-corrected chi connectivity index (χ0v) is 12.1. The van der Waals surface area contributed by atoms with Gasteiger partial charge in [0.05, 0.1) is 0 Å². The fraction of sp³-hybridized carbons (Fsp3) is 0.333. The molecular formula is C18H20N2O. The van der Waals surface area contributed by atoms with E-state index in [0.29, 0.717) is 6.04 Å². The number of hydrogen-bond acceptors (Lipinski definition) is 3. The monoisotopic (exact) mass is 280 g/mol. The van der Waals surface area contributed by atoms with Gasteiger partial charge in [-0.3, -0.25) is 0 Å². The van der Waals surface area contributed by atoms with Crippen molar-refractivity contribution in [3.8, 4) is 11.5 Å². The fourth-order valence-corrected chi connectivity index (χ4v) is 3.43. The summed E-state index contributed by atoms with van der Waals surface area (Å²) in [6.07, 6.45) is 2.30. The van der Waals surface area contributed by atoms with Crippen molar-refractivity contribution in [3.05, 3.63) is 54.1 Å². The lowest BCUT2D eigenvalue weighted by Gasteiger charge is -2.42. The van der Waals surface area contributed by atoms with E-state index in [4.69, 9.17) is 4.74 Å². The number of hydrogen-bond donors (Lipinski definition) is 1. The van der Waals surface area contributed by atoms with Crippen molar-refractivity contribution < 1.29 is 4.74 Å². The highest BCUT2D eigenvalue weighted by Gasteiger charge is 2.29. The SMILES string of the molecule is c1ccc(Oc2cccc3c2CCC2CNCCN32)cc1. The van der Waals surface area contributed by atoms with Crippen LogP contribution in [0.5, 0.6) is 11.5 Å². The smallest absolute Gasteiger partial charge is 0.132 e. The largest absolute Gasteiger partial charge is 0.457 e. The van der Waals surface area contributed by atoms with Crippen molar-refractivity contribution in [2.75, 3.05) is 24.5 Å². The van der Waals surface area contributed by atoms with Crippen LogP contribution in [-0.4, -0.2) is 25.7 Å². The molecule has 2 aromatic carbocycles. The maximum absolute atomic E-state index is 6.11. The Morgan fingerprint density at radius 2 is 1.95 bits per heavy atom. The second-order valence-electron chi connectivity index (χ2n) is 5.76. The van der Waals surface area contributed by atoms with Crippen LogP contribution in [0.15, 0.2) is 48.5 Å². The number of fused-ring (bicyclic) bond motifs is 3. The molecule has 4 rings (SSSR count). The van der Waals surface area contributed by atoms with Gasteiger partial charge in [0.1, 0.15) is 11.5 Å². The molecule has 0 bridgehead atoms. The average molecular weight is 280 g/mol. The number of benzene rings is 2. The van der Waals surface area contributed by atoms with Crippen LogP contribution in [0.2, 0.25) is 0 Å². The topological polar surface area (TPSA) is 24.5 Å². The molecule has 3 nitrogen and oxygen atoms in total. The van der Waals surface area contributed by atoms with E-state index in [-0.39, 0.29) is 0 Å². The first kappa shape index (κ1) is 12.7. The Balaban J connectivity index is 1.68. The Kier molecular flexibility index (Phi) is 3.28. The highest BCUT2D eigenvalue weighted by atomic mass is 16.5. The minimum Gasteiger partial charge on any atom is -0.457 e. The molecule has 0 aliphatic carbocycles. The van der Waals surface area contributed by atoms with E-state index >= 15 is 0 Å². The van der Waals surface area contributed by atoms with Crippen LogP contribution in [-0.2, 0) is 6.42 Å². The summed E-state index contributed by atoms with van der Waals surface area (Å²) in [6.45, 7) is 3.26. The van der Waals surface area contributed by atoms with Crippen molar-refractivity contribution in [3.63, 3.8) is 0 Å². The second kappa shape index (κ2) is 5.41. The van der Waals surface area contributed by atoms with Crippen LogP contribution >= 0.6 is 0 Å². The first-order chi connectivity index (χ1) is 10.4. The second-order valence-corrected chi connectivity index (χ2v) is 5.76. The normalized spacial score (nSPS) is 20.6. The molecule has 0 amide bonds. The Bertz CT molecular complexity index is 626. The zero-order valence-electron chi connectivity index (χ0n) is 12.1. The minimum atomic E-state index is 0.637. The highest BCUT2D eigenvalue weighted by molar-refractivity contribution is 5.62. The van der Waals surface area contributed by atoms with Gasteiger partial charge in [0, 0.05) is 36.9 Å². The highest BCUT2D eigenvalue weighted by Crippen LogP contribution is 2.38. The van der Waals surface area contributed by atoms with Crippen LogP contribution in [0.1, 0.15) is 12.0 Å². The van der Waals surface area contributed by atoms with Crippen LogP contribution in [0, 0.1) is 0 Å². The Labute approximate surface area is 125 Å². The third-order valence-electron chi connectivity index (χ3n) is 4.47. The van der Waals surface area contributed by atoms with Gasteiger partial charge >= 0.3 is 0 Å². The third-order valence-corrected chi connectivity index (χ3v) is 4.47. The molecule has 108 valence electrons. The van der Waals surface area contributed by atoms with Gasteiger partial charge in [0.15, 0.2) is 0 Å². The minimum absolute atomic E-state index is 0.637. The van der Waals surface area contributed by atoms with Gasteiger partial charge in [-0.25, -0.2) is 0 Å². The van der Waals surface area contributed by atoms with E-state index in [2.05, 4.69) is 28.4 Å². The van der Waals surface area contributed by atoms with Crippen molar-refractivity contribution in [2.24, 2.45) is 0 Å². The van der Waals surface area contributed by atoms with E-state index in [1.54, 1.807) is 0 Å². The Hall–Kier alpha value is -2.00. The summed E-state index contributed by atoms with van der Waals surface area (Å²) < 4.78 is 6.11. The lowest BCUT2D eigenvalue weighted by atomic mass is 9.93. The third kappa shape index (κ3) is 2.38. The molecule has 3 heteroatoms. The number of piperazine rings is 1. The molecule has 0 radical (unpaired) electrons. The molecular weight excluding hydrogens is 260 g/mol. The summed E-state index contributed by atoms with van der Waals surface area (Å²) in [5, 5.41) is 3.50. The molecule has 1 saturated heterocycles. The molecule has 21 heavy (non-hydrogen) atoms. The predicted molar refractivity (Wildman–Crippen MR) is 85.3 cm³/mol. The first-order valence-electron chi connectivity index (χ1n) is 7.74. The van der Waals surface area contributed by atoms with Gasteiger partial charge < -0.3 is 15.0 Å². The maximum atomic E-state index is 6.11. The van der Waals surface area contributed by atoms with Gasteiger partial charge in [-0.15, -0.1) is 0 Å². The number of nitrogens with one attached hydrogen (secondary N) is 1. The van der Waals surface area contributed by atoms with E-state index < -0.39 is 0 Å². The summed E-state index contributed by atoms with van der Waals surface area (Å²) in [5.74, 6) is 1.92. The molecule has 1 N–H and O–H groups in total. The van der Waals surface area contributed by atoms with E-state index in [0.717, 1.165) is 37.6 Å². The van der Waals surface area contributed by atoms with Crippen molar-refractivity contribution >= 4 is 5.69 Å². The Morgan fingerprint density at radius 1 is 1.05 bits per heavy atom. The first-order valence-corrected chi connectivity index (χ1v) is 7.74. The van der Waals surface area contributed by atoms with Gasteiger partial charge in [-0.2, -0.15) is 0 Å². The molecule has 2 aliphatic rings. The molecule has 2 aliphatic heterocycles. The van der Waals surface area contributed by atoms with Crippen molar-refractivity contribution in [1.82, 2.24) is 5.32 Å². The van der Waals surface area contributed by atoms with Crippen LogP contribution < -0.4 is 15.0 Å². The van der Waals surface area contributed by atoms with E-state index in [9.17, 15) is 0 Å². The summed E-state index contributed by atoms with van der Waals surface area (Å²) in [4.78, 5) is 2.55. The summed E-state index contributed by atoms with van der Waals surface area (Å²) >= 11 is 0. The quantitative estimate of drug-likeness (QED) is 0.914. The average Bonchev–Trinajstić information content (AvgIpc) is 2.56. The van der Waals surface area contributed by atoms with Crippen molar-refractivity contribution in [2.45, 2.75) is 18.9 Å². The summed E-state index contributed by atoms with van der Waals surface area (Å²) in [7, 11) is 0. The number of nitrogens with zero attached hydrogens (tertiary/aromatic N) is 1. The Morgan fingerprint density at radius 3 is 2.86 bits per heavy atom. The lowest BCUT2D eigenvalue weighted by molar-refractivity contribution is 0.426. The molecule has 2 aromatic rings. The lowest BCUT2D eigenvalue weighted by Crippen LogP contribution is -2.53. The molecule has 1 fully saturated rings.